The van der Waals surface area contributed by atoms with Crippen molar-refractivity contribution in [2.24, 2.45) is 10.9 Å². The van der Waals surface area contributed by atoms with Crippen molar-refractivity contribution in [3.63, 3.8) is 0 Å². The summed E-state index contributed by atoms with van der Waals surface area (Å²) in [4.78, 5) is 10.7. The minimum Gasteiger partial charge on any atom is -0.481 e. The number of thioether (sulfide) groups is 1. The van der Waals surface area contributed by atoms with Gasteiger partial charge in [0.15, 0.2) is 0 Å². The number of benzene rings is 2. The molecule has 6 heteroatoms. The zero-order chi connectivity index (χ0) is 14.5. The van der Waals surface area contributed by atoms with Crippen molar-refractivity contribution in [1.82, 2.24) is 0 Å². The lowest BCUT2D eigenvalue weighted by Gasteiger charge is -2.11. The summed E-state index contributed by atoms with van der Waals surface area (Å²) in [6.07, 6.45) is 0. The molecule has 0 heterocycles. The van der Waals surface area contributed by atoms with E-state index in [2.05, 4.69) is 0 Å². The topological polar surface area (TPSA) is 89.3 Å². The molecule has 0 aliphatic rings. The summed E-state index contributed by atoms with van der Waals surface area (Å²) in [5.41, 5.74) is 7.55. The molecule has 104 valence electrons. The molecule has 0 aromatic heterocycles. The van der Waals surface area contributed by atoms with E-state index in [-0.39, 0.29) is 5.75 Å². The van der Waals surface area contributed by atoms with Gasteiger partial charge in [0.05, 0.1) is 15.7 Å². The molecule has 0 bridgehead atoms. The lowest BCUT2D eigenvalue weighted by molar-refractivity contribution is -0.133. The first-order valence-corrected chi connectivity index (χ1v) is 7.69. The van der Waals surface area contributed by atoms with Crippen LogP contribution in [0.3, 0.4) is 0 Å². The number of rotatable bonds is 5. The fraction of sp³-hybridized carbons (Fsp3) is 0.0714. The summed E-state index contributed by atoms with van der Waals surface area (Å²) in [6, 6.07) is 13.7. The van der Waals surface area contributed by atoms with Crippen molar-refractivity contribution in [3.05, 3.63) is 52.3 Å². The lowest BCUT2D eigenvalue weighted by Crippen LogP contribution is -2.04. The van der Waals surface area contributed by atoms with Gasteiger partial charge in [0, 0.05) is 5.56 Å². The molecule has 2 aromatic rings. The molecule has 0 radical (unpaired) electrons. The normalized spacial score (nSPS) is 12.2. The number of hydrogen-bond acceptors (Lipinski definition) is 5. The molecule has 0 fully saturated rings. The number of carboxylic acids is 1. The van der Waals surface area contributed by atoms with Crippen molar-refractivity contribution in [3.8, 4) is 0 Å². The van der Waals surface area contributed by atoms with Crippen LogP contribution < -0.4 is 10.9 Å². The molecule has 20 heavy (non-hydrogen) atoms. The third kappa shape index (κ3) is 3.27. The van der Waals surface area contributed by atoms with Gasteiger partial charge in [0.1, 0.15) is 0 Å². The van der Waals surface area contributed by atoms with Crippen molar-refractivity contribution >= 4 is 46.1 Å². The van der Waals surface area contributed by atoms with Crippen LogP contribution in [0.4, 0.5) is 0 Å². The van der Waals surface area contributed by atoms with Crippen LogP contribution in [0.1, 0.15) is 5.56 Å². The second-order valence-electron chi connectivity index (χ2n) is 4.03. The Morgan fingerprint density at radius 2 is 1.85 bits per heavy atom. The molecule has 0 atom stereocenters. The van der Waals surface area contributed by atoms with Crippen LogP contribution in [0, 0.1) is 0 Å². The lowest BCUT2D eigenvalue weighted by atomic mass is 10.0. The Labute approximate surface area is 125 Å². The van der Waals surface area contributed by atoms with Gasteiger partial charge in [-0.05, 0) is 22.7 Å². The molecule has 4 nitrogen and oxygen atoms in total. The Hall–Kier alpha value is -1.63. The Morgan fingerprint density at radius 3 is 2.55 bits per heavy atom. The second kappa shape index (κ2) is 6.69. The van der Waals surface area contributed by atoms with Gasteiger partial charge in [0.25, 0.3) is 0 Å². The van der Waals surface area contributed by atoms with Gasteiger partial charge in [-0.1, -0.05) is 42.5 Å². The van der Waals surface area contributed by atoms with Gasteiger partial charge in [-0.15, -0.1) is 11.8 Å². The molecule has 2 rings (SSSR count). The molecule has 0 amide bonds. The first kappa shape index (κ1) is 14.8. The van der Waals surface area contributed by atoms with Gasteiger partial charge >= 0.3 is 5.97 Å². The fourth-order valence-electron chi connectivity index (χ4n) is 1.87. The van der Waals surface area contributed by atoms with E-state index in [1.165, 1.54) is 0 Å². The highest BCUT2D eigenvalue weighted by atomic mass is 32.2. The van der Waals surface area contributed by atoms with Gasteiger partial charge in [-0.2, -0.15) is 0 Å². The predicted octanol–water partition coefficient (Wildman–Crippen LogP) is 2.85. The quantitative estimate of drug-likeness (QED) is 0.736. The zero-order valence-corrected chi connectivity index (χ0v) is 12.2. The Morgan fingerprint density at radius 1 is 1.15 bits per heavy atom. The fourth-order valence-corrected chi connectivity index (χ4v) is 3.08. The number of aliphatic carboxylic acids is 1. The SMILES string of the molecule is NS/C(SCC(=O)O)=C(\N)c1cccc2ccccc12. The first-order chi connectivity index (χ1) is 9.63. The molecule has 0 spiro atoms. The van der Waals surface area contributed by atoms with Crippen molar-refractivity contribution in [2.45, 2.75) is 0 Å². The Kier molecular flexibility index (Phi) is 4.94. The molecule has 0 unspecified atom stereocenters. The minimum atomic E-state index is -0.896. The summed E-state index contributed by atoms with van der Waals surface area (Å²) in [6.45, 7) is 0. The molecule has 2 aromatic carbocycles. The van der Waals surface area contributed by atoms with Crippen molar-refractivity contribution < 1.29 is 9.90 Å². The molecular formula is C14H14N2O2S2. The highest BCUT2D eigenvalue weighted by molar-refractivity contribution is 8.21. The van der Waals surface area contributed by atoms with Gasteiger partial charge in [-0.25, -0.2) is 0 Å². The van der Waals surface area contributed by atoms with Gasteiger partial charge in [-0.3, -0.25) is 9.93 Å². The number of hydrogen-bond donors (Lipinski definition) is 3. The van der Waals surface area contributed by atoms with Crippen LogP contribution in [0.15, 0.2) is 46.7 Å². The minimum absolute atomic E-state index is 0.0645. The maximum atomic E-state index is 10.7. The van der Waals surface area contributed by atoms with Crippen LogP contribution in [0.5, 0.6) is 0 Å². The third-order valence-corrected chi connectivity index (χ3v) is 4.68. The number of carbonyl (C=O) groups is 1. The Balaban J connectivity index is 2.47. The van der Waals surface area contributed by atoms with Gasteiger partial charge < -0.3 is 10.8 Å². The standard InChI is InChI=1S/C14H14N2O2S2/c15-13(14(20-16)19-8-12(17)18)11-7-3-5-9-4-1-2-6-10(9)11/h1-7H,8,15-16H2,(H,17,18)/b14-13-. The number of carboxylic acid groups (broad SMARTS) is 1. The molecule has 0 aliphatic heterocycles. The van der Waals surface area contributed by atoms with E-state index in [1.54, 1.807) is 0 Å². The average Bonchev–Trinajstić information content (AvgIpc) is 2.46. The molecule has 5 N–H and O–H groups in total. The largest absolute Gasteiger partial charge is 0.481 e. The van der Waals surface area contributed by atoms with Crippen LogP contribution in [0.2, 0.25) is 0 Å². The second-order valence-corrected chi connectivity index (χ2v) is 5.92. The van der Waals surface area contributed by atoms with Crippen molar-refractivity contribution in [2.75, 3.05) is 5.75 Å². The van der Waals surface area contributed by atoms with E-state index < -0.39 is 5.97 Å². The predicted molar refractivity (Wildman–Crippen MR) is 86.9 cm³/mol. The first-order valence-electron chi connectivity index (χ1n) is 5.82. The van der Waals surface area contributed by atoms with E-state index in [1.807, 2.05) is 42.5 Å². The van der Waals surface area contributed by atoms with Crippen LogP contribution in [0.25, 0.3) is 16.5 Å². The van der Waals surface area contributed by atoms with Gasteiger partial charge in [0.2, 0.25) is 0 Å². The van der Waals surface area contributed by atoms with Crippen LogP contribution in [-0.4, -0.2) is 16.8 Å². The van der Waals surface area contributed by atoms with E-state index in [0.29, 0.717) is 9.93 Å². The van der Waals surface area contributed by atoms with E-state index in [4.69, 9.17) is 16.0 Å². The summed E-state index contributed by atoms with van der Waals surface area (Å²) >= 11 is 2.11. The van der Waals surface area contributed by atoms with E-state index in [9.17, 15) is 4.79 Å². The van der Waals surface area contributed by atoms with Crippen LogP contribution >= 0.6 is 23.7 Å². The highest BCUT2D eigenvalue weighted by Gasteiger charge is 2.11. The monoisotopic (exact) mass is 306 g/mol. The zero-order valence-electron chi connectivity index (χ0n) is 10.6. The summed E-state index contributed by atoms with van der Waals surface area (Å²) < 4.78 is 0.615. The maximum Gasteiger partial charge on any atom is 0.313 e. The number of fused-ring (bicyclic) bond motifs is 1. The summed E-state index contributed by atoms with van der Waals surface area (Å²) in [5.74, 6) is -0.961. The number of nitrogens with two attached hydrogens (primary N) is 2. The molecule has 0 aliphatic carbocycles. The van der Waals surface area contributed by atoms with Crippen LogP contribution in [-0.2, 0) is 4.79 Å². The van der Waals surface area contributed by atoms with Crippen molar-refractivity contribution in [1.29, 1.82) is 0 Å². The summed E-state index contributed by atoms with van der Waals surface area (Å²) in [7, 11) is 0. The third-order valence-electron chi connectivity index (χ3n) is 2.73. The summed E-state index contributed by atoms with van der Waals surface area (Å²) in [5, 5.41) is 16.5. The highest BCUT2D eigenvalue weighted by Crippen LogP contribution is 2.33. The van der Waals surface area contributed by atoms with E-state index in [0.717, 1.165) is 40.0 Å². The molecule has 0 saturated heterocycles. The maximum absolute atomic E-state index is 10.7. The smallest absolute Gasteiger partial charge is 0.313 e. The molecular weight excluding hydrogens is 292 g/mol. The Bertz CT molecular complexity index is 666. The van der Waals surface area contributed by atoms with E-state index >= 15 is 0 Å². The average molecular weight is 306 g/mol. The molecule has 0 saturated carbocycles.